The first-order valence-electron chi connectivity index (χ1n) is 5.93. The molecule has 0 fully saturated rings. The zero-order valence-electron chi connectivity index (χ0n) is 10.5. The normalized spacial score (nSPS) is 9.85. The van der Waals surface area contributed by atoms with E-state index in [1.54, 1.807) is 6.07 Å². The highest BCUT2D eigenvalue weighted by Gasteiger charge is 2.07. The maximum absolute atomic E-state index is 11.8. The zero-order chi connectivity index (χ0) is 14.4. The second-order valence-corrected chi connectivity index (χ2v) is 4.08. The molecule has 1 aromatic carbocycles. The van der Waals surface area contributed by atoms with E-state index >= 15 is 0 Å². The predicted molar refractivity (Wildman–Crippen MR) is 72.3 cm³/mol. The van der Waals surface area contributed by atoms with Gasteiger partial charge in [0.2, 0.25) is 5.91 Å². The molecule has 2 amide bonds. The van der Waals surface area contributed by atoms with Crippen LogP contribution in [0.4, 0.5) is 5.69 Å². The SMILES string of the molecule is O=C(Cc1ccccc1)Nc1ccc(C(=O)NO)nc1. The average Bonchev–Trinajstić information content (AvgIpc) is 2.48. The molecular weight excluding hydrogens is 258 g/mol. The van der Waals surface area contributed by atoms with Gasteiger partial charge in [-0.05, 0) is 17.7 Å². The lowest BCUT2D eigenvalue weighted by molar-refractivity contribution is -0.115. The molecule has 0 saturated carbocycles. The Kier molecular flexibility index (Phi) is 4.41. The standard InChI is InChI=1S/C14H13N3O3/c18-13(8-10-4-2-1-3-5-10)16-11-6-7-12(15-9-11)14(19)17-20/h1-7,9,20H,8H2,(H,16,18)(H,17,19). The maximum Gasteiger partial charge on any atom is 0.293 e. The molecule has 0 spiro atoms. The highest BCUT2D eigenvalue weighted by molar-refractivity contribution is 5.94. The molecule has 3 N–H and O–H groups in total. The van der Waals surface area contributed by atoms with E-state index in [2.05, 4.69) is 10.3 Å². The van der Waals surface area contributed by atoms with Crippen molar-refractivity contribution >= 4 is 17.5 Å². The van der Waals surface area contributed by atoms with Crippen molar-refractivity contribution in [3.8, 4) is 0 Å². The summed E-state index contributed by atoms with van der Waals surface area (Å²) < 4.78 is 0. The molecule has 1 heterocycles. The van der Waals surface area contributed by atoms with Gasteiger partial charge in [0.05, 0.1) is 18.3 Å². The number of hydrogen-bond acceptors (Lipinski definition) is 4. The largest absolute Gasteiger partial charge is 0.324 e. The third-order valence-corrected chi connectivity index (χ3v) is 2.59. The number of nitrogens with one attached hydrogen (secondary N) is 2. The summed E-state index contributed by atoms with van der Waals surface area (Å²) in [7, 11) is 0. The molecule has 0 aliphatic heterocycles. The van der Waals surface area contributed by atoms with E-state index in [0.717, 1.165) is 5.56 Å². The van der Waals surface area contributed by atoms with Gasteiger partial charge in [0.1, 0.15) is 5.69 Å². The molecule has 2 aromatic rings. The average molecular weight is 271 g/mol. The second-order valence-electron chi connectivity index (χ2n) is 4.08. The third-order valence-electron chi connectivity index (χ3n) is 2.59. The van der Waals surface area contributed by atoms with E-state index < -0.39 is 5.91 Å². The summed E-state index contributed by atoms with van der Waals surface area (Å²) in [5.74, 6) is -0.871. The Bertz CT molecular complexity index is 597. The number of pyridine rings is 1. The van der Waals surface area contributed by atoms with Crippen LogP contribution in [0.3, 0.4) is 0 Å². The van der Waals surface area contributed by atoms with Crippen LogP contribution >= 0.6 is 0 Å². The van der Waals surface area contributed by atoms with Gasteiger partial charge in [0, 0.05) is 0 Å². The number of rotatable bonds is 4. The first kappa shape index (κ1) is 13.7. The van der Waals surface area contributed by atoms with Gasteiger partial charge in [0.15, 0.2) is 0 Å². The highest BCUT2D eigenvalue weighted by Crippen LogP contribution is 2.08. The Labute approximate surface area is 115 Å². The van der Waals surface area contributed by atoms with E-state index in [0.29, 0.717) is 5.69 Å². The van der Waals surface area contributed by atoms with Gasteiger partial charge in [-0.2, -0.15) is 0 Å². The van der Waals surface area contributed by atoms with E-state index in [1.807, 2.05) is 30.3 Å². The van der Waals surface area contributed by atoms with E-state index in [-0.39, 0.29) is 18.0 Å². The Morgan fingerprint density at radius 3 is 2.45 bits per heavy atom. The number of hydroxylamine groups is 1. The molecular formula is C14H13N3O3. The van der Waals surface area contributed by atoms with Gasteiger partial charge in [-0.3, -0.25) is 14.8 Å². The summed E-state index contributed by atoms with van der Waals surface area (Å²) in [6.07, 6.45) is 1.62. The van der Waals surface area contributed by atoms with Gasteiger partial charge in [0.25, 0.3) is 5.91 Å². The Hall–Kier alpha value is -2.73. The zero-order valence-corrected chi connectivity index (χ0v) is 10.5. The molecule has 6 nitrogen and oxygen atoms in total. The van der Waals surface area contributed by atoms with Crippen LogP contribution in [0, 0.1) is 0 Å². The minimum atomic E-state index is -0.702. The van der Waals surface area contributed by atoms with E-state index in [9.17, 15) is 9.59 Å². The maximum atomic E-state index is 11.8. The van der Waals surface area contributed by atoms with Crippen LogP contribution in [-0.4, -0.2) is 22.0 Å². The van der Waals surface area contributed by atoms with Crippen molar-refractivity contribution in [2.45, 2.75) is 6.42 Å². The number of anilines is 1. The first-order chi connectivity index (χ1) is 9.69. The Morgan fingerprint density at radius 1 is 1.10 bits per heavy atom. The monoisotopic (exact) mass is 271 g/mol. The number of hydrogen-bond donors (Lipinski definition) is 3. The first-order valence-corrected chi connectivity index (χ1v) is 5.93. The number of nitrogens with zero attached hydrogens (tertiary/aromatic N) is 1. The smallest absolute Gasteiger partial charge is 0.293 e. The van der Waals surface area contributed by atoms with Crippen molar-refractivity contribution in [3.63, 3.8) is 0 Å². The molecule has 0 radical (unpaired) electrons. The summed E-state index contributed by atoms with van der Waals surface area (Å²) in [6, 6.07) is 12.3. The van der Waals surface area contributed by atoms with Gasteiger partial charge in [-0.15, -0.1) is 0 Å². The molecule has 0 bridgehead atoms. The summed E-state index contributed by atoms with van der Waals surface area (Å²) in [5.41, 5.74) is 2.95. The van der Waals surface area contributed by atoms with Crippen molar-refractivity contribution < 1.29 is 14.8 Å². The number of aromatic nitrogens is 1. The summed E-state index contributed by atoms with van der Waals surface area (Å²) in [5, 5.41) is 11.1. The van der Waals surface area contributed by atoms with Crippen LogP contribution in [-0.2, 0) is 11.2 Å². The molecule has 0 atom stereocenters. The minimum absolute atomic E-state index is 0.0635. The lowest BCUT2D eigenvalue weighted by atomic mass is 10.1. The van der Waals surface area contributed by atoms with Gasteiger partial charge < -0.3 is 5.32 Å². The van der Waals surface area contributed by atoms with Crippen molar-refractivity contribution in [1.29, 1.82) is 0 Å². The predicted octanol–water partition coefficient (Wildman–Crippen LogP) is 1.38. The second kappa shape index (κ2) is 6.44. The molecule has 20 heavy (non-hydrogen) atoms. The lowest BCUT2D eigenvalue weighted by Crippen LogP contribution is -2.20. The number of amides is 2. The summed E-state index contributed by atoms with van der Waals surface area (Å²) in [4.78, 5) is 26.7. The van der Waals surface area contributed by atoms with Crippen LogP contribution in [0.2, 0.25) is 0 Å². The number of benzene rings is 1. The third kappa shape index (κ3) is 3.63. The van der Waals surface area contributed by atoms with Gasteiger partial charge in [-0.25, -0.2) is 10.5 Å². The molecule has 0 saturated heterocycles. The molecule has 2 rings (SSSR count). The van der Waals surface area contributed by atoms with Crippen molar-refractivity contribution in [2.24, 2.45) is 0 Å². The molecule has 0 aliphatic rings. The number of carbonyl (C=O) groups excluding carboxylic acids is 2. The molecule has 1 aromatic heterocycles. The van der Waals surface area contributed by atoms with Crippen LogP contribution < -0.4 is 10.8 Å². The molecule has 0 aliphatic carbocycles. The minimum Gasteiger partial charge on any atom is -0.324 e. The van der Waals surface area contributed by atoms with Crippen molar-refractivity contribution in [1.82, 2.24) is 10.5 Å². The van der Waals surface area contributed by atoms with Crippen LogP contribution in [0.25, 0.3) is 0 Å². The summed E-state index contributed by atoms with van der Waals surface area (Å²) in [6.45, 7) is 0. The topological polar surface area (TPSA) is 91.3 Å². The quantitative estimate of drug-likeness (QED) is 0.578. The van der Waals surface area contributed by atoms with Crippen LogP contribution in [0.15, 0.2) is 48.7 Å². The molecule has 0 unspecified atom stereocenters. The van der Waals surface area contributed by atoms with Gasteiger partial charge >= 0.3 is 0 Å². The van der Waals surface area contributed by atoms with Crippen LogP contribution in [0.1, 0.15) is 16.1 Å². The lowest BCUT2D eigenvalue weighted by Gasteiger charge is -2.05. The van der Waals surface area contributed by atoms with Crippen molar-refractivity contribution in [3.05, 3.63) is 59.9 Å². The van der Waals surface area contributed by atoms with E-state index in [1.165, 1.54) is 17.7 Å². The van der Waals surface area contributed by atoms with Crippen molar-refractivity contribution in [2.75, 3.05) is 5.32 Å². The van der Waals surface area contributed by atoms with Gasteiger partial charge in [-0.1, -0.05) is 30.3 Å². The molecule has 102 valence electrons. The fourth-order valence-electron chi connectivity index (χ4n) is 1.65. The van der Waals surface area contributed by atoms with E-state index in [4.69, 9.17) is 5.21 Å². The fraction of sp³-hybridized carbons (Fsp3) is 0.0714. The molecule has 6 heteroatoms. The highest BCUT2D eigenvalue weighted by atomic mass is 16.5. The Balaban J connectivity index is 1.96. The number of carbonyl (C=O) groups is 2. The Morgan fingerprint density at radius 2 is 1.85 bits per heavy atom. The van der Waals surface area contributed by atoms with Crippen LogP contribution in [0.5, 0.6) is 0 Å². The fourth-order valence-corrected chi connectivity index (χ4v) is 1.65. The summed E-state index contributed by atoms with van der Waals surface area (Å²) >= 11 is 0.